The molecule has 0 radical (unpaired) electrons. The highest BCUT2D eigenvalue weighted by molar-refractivity contribution is 6.30. The minimum atomic E-state index is -0.815. The third-order valence-corrected chi connectivity index (χ3v) is 7.60. The van der Waals surface area contributed by atoms with E-state index < -0.39 is 12.1 Å². The molecular weight excluding hydrogens is 512 g/mol. The van der Waals surface area contributed by atoms with Gasteiger partial charge >= 0.3 is 6.03 Å². The Labute approximate surface area is 233 Å². The van der Waals surface area contributed by atoms with Crippen LogP contribution < -0.4 is 20.9 Å². The zero-order valence-corrected chi connectivity index (χ0v) is 22.8. The maximum Gasteiger partial charge on any atom is 0.315 e. The summed E-state index contributed by atoms with van der Waals surface area (Å²) in [6.45, 7) is 3.54. The van der Waals surface area contributed by atoms with Crippen molar-refractivity contribution in [2.75, 3.05) is 25.0 Å². The molecule has 0 aliphatic carbocycles. The van der Waals surface area contributed by atoms with Gasteiger partial charge in [0, 0.05) is 46.5 Å². The minimum absolute atomic E-state index is 0.162. The van der Waals surface area contributed by atoms with Crippen molar-refractivity contribution < 1.29 is 9.59 Å². The van der Waals surface area contributed by atoms with Crippen LogP contribution in [0, 0.1) is 5.92 Å². The average Bonchev–Trinajstić information content (AvgIpc) is 3.38. The summed E-state index contributed by atoms with van der Waals surface area (Å²) in [7, 11) is 1.91. The van der Waals surface area contributed by atoms with Gasteiger partial charge in [0.15, 0.2) is 0 Å². The molecule has 2 unspecified atom stereocenters. The Bertz CT molecular complexity index is 1460. The van der Waals surface area contributed by atoms with Crippen LogP contribution in [0.5, 0.6) is 0 Å². The molecule has 4 N–H and O–H groups in total. The van der Waals surface area contributed by atoms with Crippen molar-refractivity contribution in [3.63, 3.8) is 0 Å². The molecule has 0 spiro atoms. The molecule has 8 nitrogen and oxygen atoms in total. The van der Waals surface area contributed by atoms with E-state index >= 15 is 0 Å². The van der Waals surface area contributed by atoms with E-state index in [1.165, 1.54) is 0 Å². The molecule has 5 rings (SSSR count). The van der Waals surface area contributed by atoms with E-state index in [0.717, 1.165) is 46.4 Å². The number of hydrogen-bond acceptors (Lipinski definition) is 4. The van der Waals surface area contributed by atoms with Crippen LogP contribution in [0.4, 0.5) is 10.5 Å². The molecule has 0 bridgehead atoms. The zero-order chi connectivity index (χ0) is 27.4. The lowest BCUT2D eigenvalue weighted by atomic mass is 9.88. The van der Waals surface area contributed by atoms with Crippen molar-refractivity contribution in [1.82, 2.24) is 25.9 Å². The molecule has 2 aromatic heterocycles. The van der Waals surface area contributed by atoms with Gasteiger partial charge in [-0.05, 0) is 73.5 Å². The summed E-state index contributed by atoms with van der Waals surface area (Å²) in [5, 5.41) is 10.8. The van der Waals surface area contributed by atoms with Crippen LogP contribution >= 0.6 is 11.6 Å². The maximum absolute atomic E-state index is 14.4. The molecule has 0 saturated carbocycles. The van der Waals surface area contributed by atoms with Gasteiger partial charge in [-0.15, -0.1) is 0 Å². The molecule has 202 valence electrons. The summed E-state index contributed by atoms with van der Waals surface area (Å²) in [4.78, 5) is 36.9. The first-order valence-corrected chi connectivity index (χ1v) is 13.6. The number of hydrogen-bond donors (Lipinski definition) is 4. The highest BCUT2D eigenvalue weighted by Crippen LogP contribution is 2.35. The molecule has 1 aliphatic rings. The van der Waals surface area contributed by atoms with Crippen molar-refractivity contribution in [3.05, 3.63) is 94.9 Å². The number of para-hydroxylation sites is 1. The lowest BCUT2D eigenvalue weighted by molar-refractivity contribution is -0.121. The number of carbonyl (C=O) groups excluding carboxylic acids is 2. The molecule has 1 aliphatic heterocycles. The second-order valence-electron chi connectivity index (χ2n) is 10.1. The number of nitrogens with zero attached hydrogens (tertiary/aromatic N) is 2. The summed E-state index contributed by atoms with van der Waals surface area (Å²) in [6, 6.07) is 17.9. The topological polar surface area (TPSA) is 102 Å². The first kappa shape index (κ1) is 26.7. The number of fused-ring (bicyclic) bond motifs is 2. The standard InChI is InChI=1S/C30H33ClN6O2/c1-19(25-17-34-26-9-4-3-8-24(25)26)28(36-30(39)35-16-23-7-5-6-12-33-23)29(38)37-18-20(15-32-2)13-21-14-22(31)10-11-27(21)37/h3-12,14,17,19-20,28,32,34H,13,15-16,18H2,1-2H3,(H2,35,36,39)/t19?,20-,28?/m1/s1. The summed E-state index contributed by atoms with van der Waals surface area (Å²) in [5.74, 6) is -0.258. The first-order chi connectivity index (χ1) is 18.9. The summed E-state index contributed by atoms with van der Waals surface area (Å²) >= 11 is 6.33. The van der Waals surface area contributed by atoms with Crippen molar-refractivity contribution in [2.24, 2.45) is 5.92 Å². The van der Waals surface area contributed by atoms with Crippen LogP contribution in [0.1, 0.15) is 29.7 Å². The predicted molar refractivity (Wildman–Crippen MR) is 155 cm³/mol. The van der Waals surface area contributed by atoms with Crippen LogP contribution in [0.25, 0.3) is 10.9 Å². The second-order valence-corrected chi connectivity index (χ2v) is 10.5. The lowest BCUT2D eigenvalue weighted by Crippen LogP contribution is -2.55. The number of carbonyl (C=O) groups is 2. The highest BCUT2D eigenvalue weighted by Gasteiger charge is 2.37. The molecule has 0 fully saturated rings. The van der Waals surface area contributed by atoms with Gasteiger partial charge < -0.3 is 25.8 Å². The molecule has 4 aromatic rings. The minimum Gasteiger partial charge on any atom is -0.361 e. The van der Waals surface area contributed by atoms with Gasteiger partial charge in [0.05, 0.1) is 12.2 Å². The van der Waals surface area contributed by atoms with Crippen LogP contribution in [-0.4, -0.2) is 48.1 Å². The largest absolute Gasteiger partial charge is 0.361 e. The van der Waals surface area contributed by atoms with E-state index in [1.54, 1.807) is 6.20 Å². The van der Waals surface area contributed by atoms with Gasteiger partial charge in [-0.1, -0.05) is 42.8 Å². The summed E-state index contributed by atoms with van der Waals surface area (Å²) < 4.78 is 0. The lowest BCUT2D eigenvalue weighted by Gasteiger charge is -2.38. The van der Waals surface area contributed by atoms with Crippen molar-refractivity contribution in [3.8, 4) is 0 Å². The third kappa shape index (κ3) is 5.92. The van der Waals surface area contributed by atoms with Crippen LogP contribution in [0.15, 0.2) is 73.1 Å². The number of anilines is 1. The number of rotatable bonds is 8. The number of halogens is 1. The fraction of sp³-hybridized carbons (Fsp3) is 0.300. The SMILES string of the molecule is CNC[C@H]1Cc2cc(Cl)ccc2N(C(=O)C(NC(=O)NCc2ccccn2)C(C)c2c[nH]c3ccccc23)C1. The van der Waals surface area contributed by atoms with Gasteiger partial charge in [0.2, 0.25) is 5.91 Å². The Morgan fingerprint density at radius 3 is 2.77 bits per heavy atom. The number of amides is 3. The van der Waals surface area contributed by atoms with Crippen LogP contribution in [0.3, 0.4) is 0 Å². The molecular formula is C30H33ClN6O2. The van der Waals surface area contributed by atoms with Crippen LogP contribution in [0.2, 0.25) is 5.02 Å². The number of aromatic amines is 1. The molecule has 3 amide bonds. The number of urea groups is 1. The monoisotopic (exact) mass is 544 g/mol. The fourth-order valence-electron chi connectivity index (χ4n) is 5.43. The Balaban J connectivity index is 1.46. The molecule has 3 atom stereocenters. The molecule has 9 heteroatoms. The van der Waals surface area contributed by atoms with Gasteiger partial charge in [-0.2, -0.15) is 0 Å². The predicted octanol–water partition coefficient (Wildman–Crippen LogP) is 4.61. The molecule has 3 heterocycles. The van der Waals surface area contributed by atoms with Gasteiger partial charge in [0.1, 0.15) is 6.04 Å². The Kier molecular flexibility index (Phi) is 8.14. The molecule has 0 saturated heterocycles. The summed E-state index contributed by atoms with van der Waals surface area (Å²) in [5.41, 5.74) is 4.55. The third-order valence-electron chi connectivity index (χ3n) is 7.36. The van der Waals surface area contributed by atoms with E-state index in [-0.39, 0.29) is 24.3 Å². The zero-order valence-electron chi connectivity index (χ0n) is 22.1. The number of benzene rings is 2. The van der Waals surface area contributed by atoms with E-state index in [4.69, 9.17) is 11.6 Å². The number of nitrogens with one attached hydrogen (secondary N) is 4. The molecule has 2 aromatic carbocycles. The van der Waals surface area contributed by atoms with E-state index in [0.29, 0.717) is 11.6 Å². The van der Waals surface area contributed by atoms with Crippen molar-refractivity contribution >= 4 is 40.1 Å². The Morgan fingerprint density at radius 2 is 1.97 bits per heavy atom. The van der Waals surface area contributed by atoms with Gasteiger partial charge in [-0.25, -0.2) is 4.79 Å². The van der Waals surface area contributed by atoms with Crippen molar-refractivity contribution in [2.45, 2.75) is 31.8 Å². The van der Waals surface area contributed by atoms with E-state index in [2.05, 4.69) is 25.9 Å². The highest BCUT2D eigenvalue weighted by atomic mass is 35.5. The normalized spacial score (nSPS) is 16.4. The average molecular weight is 545 g/mol. The van der Waals surface area contributed by atoms with Gasteiger partial charge in [-0.3, -0.25) is 9.78 Å². The smallest absolute Gasteiger partial charge is 0.315 e. The first-order valence-electron chi connectivity index (χ1n) is 13.2. The van der Waals surface area contributed by atoms with Gasteiger partial charge in [0.25, 0.3) is 0 Å². The maximum atomic E-state index is 14.4. The fourth-order valence-corrected chi connectivity index (χ4v) is 5.63. The number of pyridine rings is 1. The van der Waals surface area contributed by atoms with Crippen LogP contribution in [-0.2, 0) is 17.8 Å². The number of aromatic nitrogens is 2. The van der Waals surface area contributed by atoms with E-state index in [1.807, 2.05) is 85.7 Å². The number of H-pyrrole nitrogens is 1. The Morgan fingerprint density at radius 1 is 1.15 bits per heavy atom. The van der Waals surface area contributed by atoms with Crippen molar-refractivity contribution in [1.29, 1.82) is 0 Å². The van der Waals surface area contributed by atoms with E-state index in [9.17, 15) is 9.59 Å². The quantitative estimate of drug-likeness (QED) is 0.260. The molecule has 39 heavy (non-hydrogen) atoms. The second kappa shape index (κ2) is 11.9. The summed E-state index contributed by atoms with van der Waals surface area (Å²) in [6.07, 6.45) is 4.43. The Hall–Kier alpha value is -3.88.